The number of aromatic nitrogens is 3. The smallest absolute Gasteiger partial charge is 0.191 e. The van der Waals surface area contributed by atoms with Gasteiger partial charge in [0, 0.05) is 49.8 Å². The highest BCUT2D eigenvalue weighted by Crippen LogP contribution is 2.26. The number of hydrogen-bond donors (Lipinski definition) is 2. The van der Waals surface area contributed by atoms with Crippen LogP contribution in [0.4, 0.5) is 0 Å². The van der Waals surface area contributed by atoms with Crippen LogP contribution in [-0.4, -0.2) is 40.9 Å². The van der Waals surface area contributed by atoms with Gasteiger partial charge in [-0.3, -0.25) is 4.99 Å². The van der Waals surface area contributed by atoms with Crippen molar-refractivity contribution in [2.24, 2.45) is 4.99 Å². The van der Waals surface area contributed by atoms with Gasteiger partial charge in [-0.15, -0.1) is 45.5 Å². The molecule has 0 aromatic carbocycles. The van der Waals surface area contributed by atoms with Crippen LogP contribution in [0.5, 0.6) is 0 Å². The molecule has 0 aliphatic carbocycles. The van der Waals surface area contributed by atoms with Crippen LogP contribution in [-0.2, 0) is 24.8 Å². The summed E-state index contributed by atoms with van der Waals surface area (Å²) >= 11 is 1.80. The van der Waals surface area contributed by atoms with E-state index < -0.39 is 0 Å². The number of nitrogens with zero attached hydrogens (tertiary/aromatic N) is 4. The third kappa shape index (κ3) is 5.91. The number of fused-ring (bicyclic) bond motifs is 1. The van der Waals surface area contributed by atoms with E-state index in [-0.39, 0.29) is 29.4 Å². The fourth-order valence-electron chi connectivity index (χ4n) is 3.30. The van der Waals surface area contributed by atoms with Crippen LogP contribution >= 0.6 is 35.3 Å². The third-order valence-electron chi connectivity index (χ3n) is 4.94. The highest BCUT2D eigenvalue weighted by Gasteiger charge is 2.22. The first-order valence-corrected chi connectivity index (χ1v) is 10.4. The maximum Gasteiger partial charge on any atom is 0.191 e. The summed E-state index contributed by atoms with van der Waals surface area (Å²) in [5.41, 5.74) is 0.0795. The first-order valence-electron chi connectivity index (χ1n) is 9.49. The number of rotatable bonds is 6. The molecule has 0 saturated heterocycles. The predicted molar refractivity (Wildman–Crippen MR) is 123 cm³/mol. The number of guanidine groups is 1. The molecule has 0 amide bonds. The molecule has 0 bridgehead atoms. The second kappa shape index (κ2) is 10.4. The summed E-state index contributed by atoms with van der Waals surface area (Å²) in [5, 5.41) is 17.8. The van der Waals surface area contributed by atoms with Crippen LogP contribution in [0.3, 0.4) is 0 Å². The van der Waals surface area contributed by atoms with Gasteiger partial charge in [-0.25, -0.2) is 0 Å². The Morgan fingerprint density at radius 1 is 1.26 bits per heavy atom. The molecule has 1 aliphatic heterocycles. The van der Waals surface area contributed by atoms with Gasteiger partial charge in [0.1, 0.15) is 11.6 Å². The van der Waals surface area contributed by atoms with E-state index in [0.717, 1.165) is 50.1 Å². The maximum atomic E-state index is 4.40. The summed E-state index contributed by atoms with van der Waals surface area (Å²) < 4.78 is 2.31. The van der Waals surface area contributed by atoms with Crippen molar-refractivity contribution in [3.63, 3.8) is 0 Å². The Morgan fingerprint density at radius 2 is 2.11 bits per heavy atom. The number of aliphatic imine (C=N–C) groups is 1. The van der Waals surface area contributed by atoms with Gasteiger partial charge in [-0.05, 0) is 24.3 Å². The minimum atomic E-state index is 0. The largest absolute Gasteiger partial charge is 0.356 e. The van der Waals surface area contributed by atoms with E-state index in [1.807, 2.05) is 7.05 Å². The topological polar surface area (TPSA) is 67.1 Å². The molecule has 0 atom stereocenters. The zero-order valence-electron chi connectivity index (χ0n) is 16.5. The summed E-state index contributed by atoms with van der Waals surface area (Å²) in [7, 11) is 1.82. The van der Waals surface area contributed by atoms with E-state index in [4.69, 9.17) is 0 Å². The lowest BCUT2D eigenvalue weighted by Gasteiger charge is -2.25. The van der Waals surface area contributed by atoms with Crippen LogP contribution in [0.1, 0.15) is 49.6 Å². The Morgan fingerprint density at radius 3 is 2.85 bits per heavy atom. The molecule has 0 saturated carbocycles. The molecule has 27 heavy (non-hydrogen) atoms. The second-order valence-electron chi connectivity index (χ2n) is 7.46. The normalized spacial score (nSPS) is 14.9. The Balaban J connectivity index is 0.00000261. The molecule has 0 radical (unpaired) electrons. The van der Waals surface area contributed by atoms with Crippen molar-refractivity contribution in [1.29, 1.82) is 0 Å². The van der Waals surface area contributed by atoms with Crippen molar-refractivity contribution in [3.05, 3.63) is 34.0 Å². The van der Waals surface area contributed by atoms with Gasteiger partial charge in [-0.1, -0.05) is 26.3 Å². The number of aryl methyl sites for hydroxylation is 1. The minimum absolute atomic E-state index is 0. The molecule has 2 aromatic rings. The van der Waals surface area contributed by atoms with E-state index in [1.54, 1.807) is 11.3 Å². The van der Waals surface area contributed by atoms with Crippen molar-refractivity contribution in [3.8, 4) is 0 Å². The molecule has 3 rings (SSSR count). The van der Waals surface area contributed by atoms with E-state index >= 15 is 0 Å². The zero-order valence-corrected chi connectivity index (χ0v) is 19.6. The van der Waals surface area contributed by atoms with E-state index in [2.05, 4.69) is 61.8 Å². The average Bonchev–Trinajstić information content (AvgIpc) is 3.24. The lowest BCUT2D eigenvalue weighted by molar-refractivity contribution is 0.518. The van der Waals surface area contributed by atoms with Crippen LogP contribution in [0.2, 0.25) is 0 Å². The maximum absolute atomic E-state index is 4.40. The third-order valence-corrected chi connectivity index (χ3v) is 6.17. The van der Waals surface area contributed by atoms with Gasteiger partial charge >= 0.3 is 0 Å². The van der Waals surface area contributed by atoms with Gasteiger partial charge in [0.25, 0.3) is 0 Å². The summed E-state index contributed by atoms with van der Waals surface area (Å²) in [6.07, 6.45) is 5.67. The summed E-state index contributed by atoms with van der Waals surface area (Å²) in [6, 6.07) is 4.30. The first-order chi connectivity index (χ1) is 12.6. The first kappa shape index (κ1) is 22.1. The monoisotopic (exact) mass is 502 g/mol. The van der Waals surface area contributed by atoms with Crippen LogP contribution in [0.25, 0.3) is 0 Å². The molecule has 2 aromatic heterocycles. The lowest BCUT2D eigenvalue weighted by Crippen LogP contribution is -2.43. The van der Waals surface area contributed by atoms with Crippen LogP contribution in [0, 0.1) is 0 Å². The fraction of sp³-hybridized carbons (Fsp3) is 0.632. The lowest BCUT2D eigenvalue weighted by atomic mass is 9.91. The van der Waals surface area contributed by atoms with Gasteiger partial charge in [0.2, 0.25) is 0 Å². The molecule has 8 heteroatoms. The predicted octanol–water partition coefficient (Wildman–Crippen LogP) is 3.37. The molecular formula is C19H31IN6S. The van der Waals surface area contributed by atoms with Gasteiger partial charge in [0.05, 0.1) is 0 Å². The number of thiophene rings is 1. The molecule has 1 aliphatic rings. The van der Waals surface area contributed by atoms with Crippen LogP contribution < -0.4 is 10.6 Å². The Bertz CT molecular complexity index is 723. The number of nitrogens with one attached hydrogen (secondary N) is 2. The summed E-state index contributed by atoms with van der Waals surface area (Å²) in [6.45, 7) is 7.21. The van der Waals surface area contributed by atoms with Gasteiger partial charge in [-0.2, -0.15) is 0 Å². The van der Waals surface area contributed by atoms with Crippen molar-refractivity contribution < 1.29 is 0 Å². The van der Waals surface area contributed by atoms with E-state index in [1.165, 1.54) is 24.1 Å². The highest BCUT2D eigenvalue weighted by molar-refractivity contribution is 14.0. The van der Waals surface area contributed by atoms with E-state index in [0.29, 0.717) is 0 Å². The SMILES string of the molecule is CN=C(NCCc1nnc2n1CCCCC2)NCC(C)(C)c1cccs1.I. The minimum Gasteiger partial charge on any atom is -0.356 e. The van der Waals surface area contributed by atoms with Crippen LogP contribution in [0.15, 0.2) is 22.5 Å². The van der Waals surface area contributed by atoms with Crippen molar-refractivity contribution in [2.45, 2.75) is 57.9 Å². The molecule has 0 spiro atoms. The van der Waals surface area contributed by atoms with Crippen molar-refractivity contribution >= 4 is 41.3 Å². The second-order valence-corrected chi connectivity index (χ2v) is 8.41. The molecule has 2 N–H and O–H groups in total. The number of halogens is 1. The average molecular weight is 502 g/mol. The molecule has 6 nitrogen and oxygen atoms in total. The van der Waals surface area contributed by atoms with E-state index in [9.17, 15) is 0 Å². The van der Waals surface area contributed by atoms with Gasteiger partial charge in [0.15, 0.2) is 5.96 Å². The summed E-state index contributed by atoms with van der Waals surface area (Å²) in [5.74, 6) is 3.08. The molecule has 0 unspecified atom stereocenters. The fourth-order valence-corrected chi connectivity index (χ4v) is 4.15. The molecule has 0 fully saturated rings. The zero-order chi connectivity index (χ0) is 18.4. The highest BCUT2D eigenvalue weighted by atomic mass is 127. The summed E-state index contributed by atoms with van der Waals surface area (Å²) in [4.78, 5) is 5.73. The van der Waals surface area contributed by atoms with Gasteiger partial charge < -0.3 is 15.2 Å². The Labute approximate surface area is 183 Å². The Kier molecular flexibility index (Phi) is 8.53. The molecular weight excluding hydrogens is 471 g/mol. The Hall–Kier alpha value is -1.16. The quantitative estimate of drug-likeness (QED) is 0.361. The van der Waals surface area contributed by atoms with Crippen molar-refractivity contribution in [2.75, 3.05) is 20.1 Å². The molecule has 3 heterocycles. The van der Waals surface area contributed by atoms with Crippen molar-refractivity contribution in [1.82, 2.24) is 25.4 Å². The standard InChI is InChI=1S/C19H30N6S.HI/c1-19(2,15-8-7-13-26-15)14-22-18(20-3)21-11-10-17-24-23-16-9-5-4-6-12-25(16)17;/h7-8,13H,4-6,9-12,14H2,1-3H3,(H2,20,21,22);1H. The molecule has 150 valence electrons. The number of hydrogen-bond acceptors (Lipinski definition) is 4.